The van der Waals surface area contributed by atoms with E-state index in [4.69, 9.17) is 0 Å². The lowest BCUT2D eigenvalue weighted by Crippen LogP contribution is -1.99. The van der Waals surface area contributed by atoms with Crippen LogP contribution in [0.5, 0.6) is 0 Å². The van der Waals surface area contributed by atoms with Crippen molar-refractivity contribution in [3.63, 3.8) is 0 Å². The molecule has 14 heavy (non-hydrogen) atoms. The second kappa shape index (κ2) is 5.30. The van der Waals surface area contributed by atoms with Gasteiger partial charge in [-0.15, -0.1) is 0 Å². The zero-order chi connectivity index (χ0) is 10.6. The third-order valence-electron chi connectivity index (χ3n) is 2.12. The van der Waals surface area contributed by atoms with E-state index >= 15 is 0 Å². The summed E-state index contributed by atoms with van der Waals surface area (Å²) in [6.45, 7) is 4.10. The minimum absolute atomic E-state index is 0.247. The number of unbranched alkanes of at least 4 members (excludes halogenated alkanes) is 1. The predicted octanol–water partition coefficient (Wildman–Crippen LogP) is 4.13. The van der Waals surface area contributed by atoms with Gasteiger partial charge in [0.25, 0.3) is 0 Å². The molecular formula is C12H15BrO. The van der Waals surface area contributed by atoms with Crippen molar-refractivity contribution in [1.29, 1.82) is 0 Å². The number of hydrogen-bond acceptors (Lipinski definition) is 1. The summed E-state index contributed by atoms with van der Waals surface area (Å²) in [4.78, 5) is 11.7. The van der Waals surface area contributed by atoms with Gasteiger partial charge in [-0.05, 0) is 37.1 Å². The lowest BCUT2D eigenvalue weighted by Gasteiger charge is -2.02. The van der Waals surface area contributed by atoms with Crippen molar-refractivity contribution in [2.75, 3.05) is 0 Å². The summed E-state index contributed by atoms with van der Waals surface area (Å²) in [7, 11) is 0. The lowest BCUT2D eigenvalue weighted by molar-refractivity contribution is 0.0979. The second-order valence-electron chi connectivity index (χ2n) is 3.54. The summed E-state index contributed by atoms with van der Waals surface area (Å²) in [5.41, 5.74) is 1.95. The van der Waals surface area contributed by atoms with Gasteiger partial charge in [0.15, 0.2) is 5.78 Å². The molecule has 1 nitrogen and oxygen atoms in total. The first-order chi connectivity index (χ1) is 6.63. The molecule has 0 heterocycles. The Morgan fingerprint density at radius 3 is 2.64 bits per heavy atom. The Kier molecular flexibility index (Phi) is 4.33. The number of Topliss-reactive ketones (excluding diaryl/α,β-unsaturated/α-hetero) is 1. The van der Waals surface area contributed by atoms with E-state index in [-0.39, 0.29) is 5.78 Å². The summed E-state index contributed by atoms with van der Waals surface area (Å²) >= 11 is 3.40. The zero-order valence-corrected chi connectivity index (χ0v) is 10.2. The number of aryl methyl sites for hydroxylation is 1. The molecule has 0 atom stereocenters. The van der Waals surface area contributed by atoms with Gasteiger partial charge in [-0.2, -0.15) is 0 Å². The Bertz CT molecular complexity index is 311. The van der Waals surface area contributed by atoms with Crippen LogP contribution in [0.4, 0.5) is 0 Å². The fourth-order valence-corrected chi connectivity index (χ4v) is 1.99. The van der Waals surface area contributed by atoms with E-state index in [2.05, 4.69) is 22.9 Å². The normalized spacial score (nSPS) is 10.2. The van der Waals surface area contributed by atoms with Crippen molar-refractivity contribution in [2.24, 2.45) is 0 Å². The number of hydrogen-bond donors (Lipinski definition) is 0. The molecule has 1 rings (SSSR count). The molecular weight excluding hydrogens is 240 g/mol. The fourth-order valence-electron chi connectivity index (χ4n) is 1.38. The van der Waals surface area contributed by atoms with Crippen LogP contribution in [0.2, 0.25) is 0 Å². The van der Waals surface area contributed by atoms with Crippen LogP contribution in [0.25, 0.3) is 0 Å². The summed E-state index contributed by atoms with van der Waals surface area (Å²) in [5.74, 6) is 0.247. The molecule has 0 radical (unpaired) electrons. The maximum absolute atomic E-state index is 11.7. The smallest absolute Gasteiger partial charge is 0.162 e. The number of rotatable bonds is 4. The van der Waals surface area contributed by atoms with Crippen LogP contribution in [-0.4, -0.2) is 5.78 Å². The Labute approximate surface area is 93.7 Å². The molecule has 0 aliphatic carbocycles. The van der Waals surface area contributed by atoms with Gasteiger partial charge in [0.05, 0.1) is 0 Å². The van der Waals surface area contributed by atoms with Crippen LogP contribution in [-0.2, 0) is 0 Å². The van der Waals surface area contributed by atoms with E-state index in [0.29, 0.717) is 6.42 Å². The molecule has 1 aromatic carbocycles. The average Bonchev–Trinajstić information content (AvgIpc) is 2.12. The van der Waals surface area contributed by atoms with Crippen molar-refractivity contribution in [1.82, 2.24) is 0 Å². The lowest BCUT2D eigenvalue weighted by atomic mass is 10.0. The zero-order valence-electron chi connectivity index (χ0n) is 8.64. The minimum Gasteiger partial charge on any atom is -0.294 e. The molecule has 0 saturated heterocycles. The van der Waals surface area contributed by atoms with Crippen LogP contribution in [0.3, 0.4) is 0 Å². The first-order valence-corrected chi connectivity index (χ1v) is 5.73. The van der Waals surface area contributed by atoms with Crippen LogP contribution in [0.1, 0.15) is 42.1 Å². The molecule has 76 valence electrons. The average molecular weight is 255 g/mol. The molecule has 0 aromatic heterocycles. The monoisotopic (exact) mass is 254 g/mol. The SMILES string of the molecule is CCCCC(=O)c1cc(C)cc(Br)c1. The van der Waals surface area contributed by atoms with E-state index in [0.717, 1.165) is 28.4 Å². The molecule has 0 aliphatic rings. The number of ketones is 1. The Morgan fingerprint density at radius 1 is 1.36 bits per heavy atom. The third-order valence-corrected chi connectivity index (χ3v) is 2.58. The van der Waals surface area contributed by atoms with E-state index in [9.17, 15) is 4.79 Å². The van der Waals surface area contributed by atoms with E-state index < -0.39 is 0 Å². The molecule has 0 amide bonds. The quantitative estimate of drug-likeness (QED) is 0.739. The van der Waals surface area contributed by atoms with Crippen LogP contribution in [0, 0.1) is 6.92 Å². The molecule has 0 spiro atoms. The molecule has 0 fully saturated rings. The first-order valence-electron chi connectivity index (χ1n) is 4.94. The van der Waals surface area contributed by atoms with Gasteiger partial charge in [-0.1, -0.05) is 29.3 Å². The number of halogens is 1. The van der Waals surface area contributed by atoms with Crippen molar-refractivity contribution < 1.29 is 4.79 Å². The summed E-state index contributed by atoms with van der Waals surface area (Å²) < 4.78 is 0.984. The van der Waals surface area contributed by atoms with Gasteiger partial charge in [0.1, 0.15) is 0 Å². The molecule has 1 aromatic rings. The van der Waals surface area contributed by atoms with Crippen LogP contribution >= 0.6 is 15.9 Å². The maximum Gasteiger partial charge on any atom is 0.162 e. The van der Waals surface area contributed by atoms with Crippen molar-refractivity contribution in [3.8, 4) is 0 Å². The fraction of sp³-hybridized carbons (Fsp3) is 0.417. The molecule has 0 N–H and O–H groups in total. The number of carbonyl (C=O) groups is 1. The summed E-state index contributed by atoms with van der Waals surface area (Å²) in [6, 6.07) is 5.85. The maximum atomic E-state index is 11.7. The molecule has 0 aliphatic heterocycles. The first kappa shape index (κ1) is 11.4. The van der Waals surface area contributed by atoms with Gasteiger partial charge in [0.2, 0.25) is 0 Å². The largest absolute Gasteiger partial charge is 0.294 e. The topological polar surface area (TPSA) is 17.1 Å². The van der Waals surface area contributed by atoms with Gasteiger partial charge in [-0.3, -0.25) is 4.79 Å². The van der Waals surface area contributed by atoms with Gasteiger partial charge in [-0.25, -0.2) is 0 Å². The summed E-state index contributed by atoms with van der Waals surface area (Å²) in [5, 5.41) is 0. The van der Waals surface area contributed by atoms with Crippen molar-refractivity contribution >= 4 is 21.7 Å². The van der Waals surface area contributed by atoms with Crippen LogP contribution in [0.15, 0.2) is 22.7 Å². The highest BCUT2D eigenvalue weighted by molar-refractivity contribution is 9.10. The van der Waals surface area contributed by atoms with Gasteiger partial charge < -0.3 is 0 Å². The standard InChI is InChI=1S/C12H15BrO/c1-3-4-5-12(14)10-6-9(2)7-11(13)8-10/h6-8H,3-5H2,1-2H3. The highest BCUT2D eigenvalue weighted by Crippen LogP contribution is 2.17. The minimum atomic E-state index is 0.247. The van der Waals surface area contributed by atoms with E-state index in [1.165, 1.54) is 0 Å². The third kappa shape index (κ3) is 3.26. The number of benzene rings is 1. The highest BCUT2D eigenvalue weighted by Gasteiger charge is 2.06. The van der Waals surface area contributed by atoms with Crippen molar-refractivity contribution in [2.45, 2.75) is 33.1 Å². The highest BCUT2D eigenvalue weighted by atomic mass is 79.9. The van der Waals surface area contributed by atoms with Crippen molar-refractivity contribution in [3.05, 3.63) is 33.8 Å². The Hall–Kier alpha value is -0.630. The number of carbonyl (C=O) groups excluding carboxylic acids is 1. The molecule has 2 heteroatoms. The summed E-state index contributed by atoms with van der Waals surface area (Å²) in [6.07, 6.45) is 2.70. The predicted molar refractivity (Wildman–Crippen MR) is 62.7 cm³/mol. The second-order valence-corrected chi connectivity index (χ2v) is 4.46. The Balaban J connectivity index is 2.79. The Morgan fingerprint density at radius 2 is 2.07 bits per heavy atom. The molecule has 0 unspecified atom stereocenters. The molecule has 0 saturated carbocycles. The van der Waals surface area contributed by atoms with E-state index in [1.54, 1.807) is 0 Å². The van der Waals surface area contributed by atoms with Crippen LogP contribution < -0.4 is 0 Å². The molecule has 0 bridgehead atoms. The van der Waals surface area contributed by atoms with Gasteiger partial charge >= 0.3 is 0 Å². The van der Waals surface area contributed by atoms with E-state index in [1.807, 2.05) is 25.1 Å². The van der Waals surface area contributed by atoms with Gasteiger partial charge in [0, 0.05) is 16.5 Å².